The van der Waals surface area contributed by atoms with Crippen molar-refractivity contribution < 1.29 is 8.78 Å². The number of hydrogen-bond donors (Lipinski definition) is 0. The first-order valence-electron chi connectivity index (χ1n) is 7.07. The van der Waals surface area contributed by atoms with Crippen molar-refractivity contribution in [3.05, 3.63) is 65.5 Å². The third-order valence-corrected chi connectivity index (χ3v) is 3.54. The predicted molar refractivity (Wildman–Crippen MR) is 79.2 cm³/mol. The number of aryl methyl sites for hydroxylation is 1. The molecule has 0 saturated carbocycles. The molecule has 3 aromatic rings. The molecule has 0 unspecified atom stereocenters. The number of hydrogen-bond acceptors (Lipinski definition) is 1. The molecular weight excluding hydrogens is 270 g/mol. The van der Waals surface area contributed by atoms with Gasteiger partial charge < -0.3 is 4.57 Å². The van der Waals surface area contributed by atoms with Crippen molar-refractivity contribution in [2.75, 3.05) is 0 Å². The van der Waals surface area contributed by atoms with E-state index in [-0.39, 0.29) is 0 Å². The molecule has 0 spiro atoms. The molecule has 21 heavy (non-hydrogen) atoms. The fourth-order valence-corrected chi connectivity index (χ4v) is 2.55. The van der Waals surface area contributed by atoms with Crippen LogP contribution in [0.5, 0.6) is 0 Å². The second-order valence-corrected chi connectivity index (χ2v) is 5.09. The summed E-state index contributed by atoms with van der Waals surface area (Å²) in [7, 11) is 0. The van der Waals surface area contributed by atoms with E-state index in [1.54, 1.807) is 0 Å². The molecule has 0 aliphatic carbocycles. The van der Waals surface area contributed by atoms with Crippen LogP contribution in [0.4, 0.5) is 8.78 Å². The fourth-order valence-electron chi connectivity index (χ4n) is 2.55. The molecule has 3 rings (SSSR count). The lowest BCUT2D eigenvalue weighted by molar-refractivity contribution is 0.575. The summed E-state index contributed by atoms with van der Waals surface area (Å²) >= 11 is 0. The van der Waals surface area contributed by atoms with Gasteiger partial charge in [-0.25, -0.2) is 13.8 Å². The number of rotatable bonds is 4. The van der Waals surface area contributed by atoms with Gasteiger partial charge in [0, 0.05) is 12.0 Å². The normalized spacial score (nSPS) is 11.2. The molecule has 0 saturated heterocycles. The second kappa shape index (κ2) is 5.64. The fraction of sp³-hybridized carbons (Fsp3) is 0.235. The van der Waals surface area contributed by atoms with Crippen LogP contribution < -0.4 is 0 Å². The van der Waals surface area contributed by atoms with Gasteiger partial charge in [-0.3, -0.25) is 0 Å². The smallest absolute Gasteiger partial charge is 0.128 e. The molecule has 2 aromatic carbocycles. The number of para-hydroxylation sites is 2. The second-order valence-electron chi connectivity index (χ2n) is 5.09. The molecule has 0 fully saturated rings. The van der Waals surface area contributed by atoms with Crippen LogP contribution in [-0.2, 0) is 13.0 Å². The number of nitrogens with zero attached hydrogens (tertiary/aromatic N) is 2. The summed E-state index contributed by atoms with van der Waals surface area (Å²) in [5, 5.41) is 0. The number of benzene rings is 2. The zero-order chi connectivity index (χ0) is 14.8. The molecular formula is C17H16F2N2. The van der Waals surface area contributed by atoms with Gasteiger partial charge in [-0.2, -0.15) is 0 Å². The van der Waals surface area contributed by atoms with Crippen molar-refractivity contribution in [3.8, 4) is 0 Å². The Balaban J connectivity index is 2.10. The molecule has 0 atom stereocenters. The molecule has 108 valence electrons. The van der Waals surface area contributed by atoms with Crippen LogP contribution in [0.1, 0.15) is 24.7 Å². The van der Waals surface area contributed by atoms with E-state index in [1.165, 1.54) is 12.1 Å². The van der Waals surface area contributed by atoms with Gasteiger partial charge in [0.15, 0.2) is 0 Å². The first kappa shape index (κ1) is 13.7. The van der Waals surface area contributed by atoms with Gasteiger partial charge in [0.1, 0.15) is 17.5 Å². The number of halogens is 2. The first-order valence-corrected chi connectivity index (χ1v) is 7.07. The maximum absolute atomic E-state index is 13.9. The Morgan fingerprint density at radius 2 is 1.90 bits per heavy atom. The molecule has 0 aliphatic heterocycles. The van der Waals surface area contributed by atoms with Crippen LogP contribution in [0.15, 0.2) is 42.5 Å². The predicted octanol–water partition coefficient (Wildman–Crippen LogP) is 4.32. The number of fused-ring (bicyclic) bond motifs is 1. The maximum Gasteiger partial charge on any atom is 0.128 e. The molecule has 2 nitrogen and oxygen atoms in total. The zero-order valence-electron chi connectivity index (χ0n) is 11.8. The summed E-state index contributed by atoms with van der Waals surface area (Å²) in [5.41, 5.74) is 2.18. The van der Waals surface area contributed by atoms with E-state index in [2.05, 4.69) is 11.9 Å². The average Bonchev–Trinajstić information content (AvgIpc) is 2.81. The van der Waals surface area contributed by atoms with Crippen molar-refractivity contribution in [2.45, 2.75) is 26.3 Å². The van der Waals surface area contributed by atoms with E-state index in [4.69, 9.17) is 0 Å². The lowest BCUT2D eigenvalue weighted by Crippen LogP contribution is -2.07. The highest BCUT2D eigenvalue weighted by Gasteiger charge is 2.12. The minimum atomic E-state index is -0.423. The van der Waals surface area contributed by atoms with E-state index in [0.29, 0.717) is 12.1 Å². The summed E-state index contributed by atoms with van der Waals surface area (Å²) in [6.45, 7) is 2.37. The highest BCUT2D eigenvalue weighted by Crippen LogP contribution is 2.20. The van der Waals surface area contributed by atoms with Crippen molar-refractivity contribution >= 4 is 11.0 Å². The van der Waals surface area contributed by atoms with Crippen LogP contribution in [0.2, 0.25) is 0 Å². The molecule has 4 heteroatoms. The lowest BCUT2D eigenvalue weighted by Gasteiger charge is -2.10. The largest absolute Gasteiger partial charge is 0.323 e. The van der Waals surface area contributed by atoms with Gasteiger partial charge >= 0.3 is 0 Å². The van der Waals surface area contributed by atoms with E-state index in [1.807, 2.05) is 28.8 Å². The Morgan fingerprint density at radius 1 is 1.10 bits per heavy atom. The van der Waals surface area contributed by atoms with Crippen molar-refractivity contribution in [1.29, 1.82) is 0 Å². The summed E-state index contributed by atoms with van der Waals surface area (Å²) in [6, 6.07) is 11.3. The van der Waals surface area contributed by atoms with Gasteiger partial charge in [-0.1, -0.05) is 19.1 Å². The Labute approximate surface area is 122 Å². The summed E-state index contributed by atoms with van der Waals surface area (Å²) < 4.78 is 29.2. The standard InChI is InChI=1S/C17H16F2N2/c1-2-5-17-20-15-6-3-4-7-16(15)21(17)11-12-10-13(18)8-9-14(12)19/h3-4,6-10H,2,5,11H2,1H3. The maximum atomic E-state index is 13.9. The van der Waals surface area contributed by atoms with E-state index >= 15 is 0 Å². The van der Waals surface area contributed by atoms with Gasteiger partial charge in [-0.15, -0.1) is 0 Å². The summed E-state index contributed by atoms with van der Waals surface area (Å²) in [4.78, 5) is 4.60. The SMILES string of the molecule is CCCc1nc2ccccc2n1Cc1cc(F)ccc1F. The topological polar surface area (TPSA) is 17.8 Å². The minimum absolute atomic E-state index is 0.291. The van der Waals surface area contributed by atoms with Crippen LogP contribution >= 0.6 is 0 Å². The Bertz CT molecular complexity index is 778. The Hall–Kier alpha value is -2.23. The van der Waals surface area contributed by atoms with Crippen LogP contribution in [0.25, 0.3) is 11.0 Å². The van der Waals surface area contributed by atoms with Crippen molar-refractivity contribution in [1.82, 2.24) is 9.55 Å². The minimum Gasteiger partial charge on any atom is -0.323 e. The third kappa shape index (κ3) is 2.66. The van der Waals surface area contributed by atoms with Gasteiger partial charge in [0.25, 0.3) is 0 Å². The highest BCUT2D eigenvalue weighted by atomic mass is 19.1. The summed E-state index contributed by atoms with van der Waals surface area (Å²) in [5.74, 6) is 0.0897. The Morgan fingerprint density at radius 3 is 2.71 bits per heavy atom. The van der Waals surface area contributed by atoms with Crippen molar-refractivity contribution in [3.63, 3.8) is 0 Å². The number of imidazole rings is 1. The van der Waals surface area contributed by atoms with Crippen LogP contribution in [0, 0.1) is 11.6 Å². The third-order valence-electron chi connectivity index (χ3n) is 3.54. The molecule has 1 heterocycles. The van der Waals surface area contributed by atoms with Gasteiger partial charge in [0.2, 0.25) is 0 Å². The molecule has 0 bridgehead atoms. The van der Waals surface area contributed by atoms with E-state index < -0.39 is 11.6 Å². The molecule has 0 aliphatic rings. The van der Waals surface area contributed by atoms with Gasteiger partial charge in [0.05, 0.1) is 17.6 Å². The van der Waals surface area contributed by atoms with Crippen molar-refractivity contribution in [2.24, 2.45) is 0 Å². The van der Waals surface area contributed by atoms with Crippen LogP contribution in [-0.4, -0.2) is 9.55 Å². The van der Waals surface area contributed by atoms with E-state index in [0.717, 1.165) is 35.8 Å². The molecule has 0 radical (unpaired) electrons. The van der Waals surface area contributed by atoms with Crippen LogP contribution in [0.3, 0.4) is 0 Å². The zero-order valence-corrected chi connectivity index (χ0v) is 11.8. The van der Waals surface area contributed by atoms with E-state index in [9.17, 15) is 8.78 Å². The monoisotopic (exact) mass is 286 g/mol. The molecule has 0 amide bonds. The number of aromatic nitrogens is 2. The summed E-state index contributed by atoms with van der Waals surface area (Å²) in [6.07, 6.45) is 1.76. The average molecular weight is 286 g/mol. The first-order chi connectivity index (χ1) is 10.2. The highest BCUT2D eigenvalue weighted by molar-refractivity contribution is 5.76. The molecule has 1 aromatic heterocycles. The Kier molecular flexibility index (Phi) is 3.69. The molecule has 0 N–H and O–H groups in total. The van der Waals surface area contributed by atoms with Gasteiger partial charge in [-0.05, 0) is 36.8 Å². The lowest BCUT2D eigenvalue weighted by atomic mass is 10.2. The quantitative estimate of drug-likeness (QED) is 0.698.